The topological polar surface area (TPSA) is 69.6 Å². The molecule has 2 fully saturated rings. The van der Waals surface area contributed by atoms with Crippen molar-refractivity contribution >= 4 is 11.8 Å². The van der Waals surface area contributed by atoms with Crippen LogP contribution in [0.5, 0.6) is 0 Å². The van der Waals surface area contributed by atoms with Gasteiger partial charge in [0.1, 0.15) is 0 Å². The average molecular weight is 302 g/mol. The third kappa shape index (κ3) is 2.61. The Hall–Kier alpha value is -1.88. The van der Waals surface area contributed by atoms with Gasteiger partial charge in [0.2, 0.25) is 11.8 Å². The van der Waals surface area contributed by atoms with Crippen LogP contribution in [-0.2, 0) is 15.0 Å². The molecule has 5 nitrogen and oxygen atoms in total. The molecule has 1 aliphatic heterocycles. The fourth-order valence-electron chi connectivity index (χ4n) is 3.46. The van der Waals surface area contributed by atoms with Gasteiger partial charge in [-0.05, 0) is 18.4 Å². The summed E-state index contributed by atoms with van der Waals surface area (Å²) in [6.07, 6.45) is 1.75. The van der Waals surface area contributed by atoms with Crippen LogP contribution in [0.2, 0.25) is 0 Å². The number of carbonyl (C=O) groups excluding carboxylic acids is 2. The van der Waals surface area contributed by atoms with Crippen LogP contribution in [0.4, 0.5) is 0 Å². The van der Waals surface area contributed by atoms with E-state index in [2.05, 4.69) is 5.32 Å². The molecule has 0 bridgehead atoms. The standard InChI is InChI=1S/C17H22N2O3/c1-12(21)18-15-10-19(9-13(15)11-20)16(22)17(7-8-17)14-5-3-2-4-6-14/h2-6,13,15,20H,7-11H2,1H3,(H,18,21)/t13-,15+/m0/s1. The van der Waals surface area contributed by atoms with Crippen LogP contribution in [0.25, 0.3) is 0 Å². The van der Waals surface area contributed by atoms with Crippen molar-refractivity contribution in [2.75, 3.05) is 19.7 Å². The van der Waals surface area contributed by atoms with Crippen LogP contribution < -0.4 is 5.32 Å². The van der Waals surface area contributed by atoms with Gasteiger partial charge in [-0.25, -0.2) is 0 Å². The van der Waals surface area contributed by atoms with E-state index >= 15 is 0 Å². The molecule has 0 unspecified atom stereocenters. The predicted octanol–water partition coefficient (Wildman–Crippen LogP) is 0.674. The van der Waals surface area contributed by atoms with Crippen LogP contribution >= 0.6 is 0 Å². The average Bonchev–Trinajstić information content (AvgIpc) is 3.23. The first-order chi connectivity index (χ1) is 10.6. The van der Waals surface area contributed by atoms with E-state index in [9.17, 15) is 14.7 Å². The third-order valence-corrected chi connectivity index (χ3v) is 4.84. The summed E-state index contributed by atoms with van der Waals surface area (Å²) in [5, 5.41) is 12.3. The number of hydrogen-bond donors (Lipinski definition) is 2. The number of aliphatic hydroxyl groups is 1. The lowest BCUT2D eigenvalue weighted by Gasteiger charge is -2.23. The maximum atomic E-state index is 13.0. The van der Waals surface area contributed by atoms with E-state index in [0.29, 0.717) is 13.1 Å². The summed E-state index contributed by atoms with van der Waals surface area (Å²) in [5.74, 6) is -0.0774. The fourth-order valence-corrected chi connectivity index (χ4v) is 3.46. The zero-order chi connectivity index (χ0) is 15.7. The van der Waals surface area contributed by atoms with Crippen molar-refractivity contribution in [3.05, 3.63) is 35.9 Å². The fraction of sp³-hybridized carbons (Fsp3) is 0.529. The van der Waals surface area contributed by atoms with Crippen molar-refractivity contribution in [2.45, 2.75) is 31.2 Å². The number of carbonyl (C=O) groups is 2. The Morgan fingerprint density at radius 2 is 1.95 bits per heavy atom. The molecule has 1 heterocycles. The summed E-state index contributed by atoms with van der Waals surface area (Å²) in [5.41, 5.74) is 0.690. The van der Waals surface area contributed by atoms with Crippen molar-refractivity contribution in [3.8, 4) is 0 Å². The smallest absolute Gasteiger partial charge is 0.233 e. The third-order valence-electron chi connectivity index (χ3n) is 4.84. The van der Waals surface area contributed by atoms with Gasteiger partial charge in [-0.3, -0.25) is 9.59 Å². The number of benzene rings is 1. The highest BCUT2D eigenvalue weighted by atomic mass is 16.3. The lowest BCUT2D eigenvalue weighted by Crippen LogP contribution is -2.42. The Morgan fingerprint density at radius 1 is 1.27 bits per heavy atom. The first-order valence-corrected chi connectivity index (χ1v) is 7.80. The Bertz CT molecular complexity index is 569. The van der Waals surface area contributed by atoms with Gasteiger partial charge in [0.25, 0.3) is 0 Å². The SMILES string of the molecule is CC(=O)N[C@@H]1CN(C(=O)C2(c3ccccc3)CC2)C[C@H]1CO. The Kier molecular flexibility index (Phi) is 3.91. The molecule has 1 saturated heterocycles. The largest absolute Gasteiger partial charge is 0.396 e. The molecule has 1 aromatic carbocycles. The van der Waals surface area contributed by atoms with Crippen LogP contribution in [0, 0.1) is 5.92 Å². The Labute approximate surface area is 130 Å². The normalized spacial score (nSPS) is 25.8. The molecule has 1 saturated carbocycles. The van der Waals surface area contributed by atoms with Crippen molar-refractivity contribution < 1.29 is 14.7 Å². The molecule has 0 radical (unpaired) electrons. The number of nitrogens with one attached hydrogen (secondary N) is 1. The first-order valence-electron chi connectivity index (χ1n) is 7.80. The molecule has 1 aliphatic carbocycles. The van der Waals surface area contributed by atoms with Gasteiger partial charge in [-0.2, -0.15) is 0 Å². The van der Waals surface area contributed by atoms with E-state index in [1.807, 2.05) is 35.2 Å². The van der Waals surface area contributed by atoms with E-state index in [4.69, 9.17) is 0 Å². The van der Waals surface area contributed by atoms with Gasteiger partial charge in [0, 0.05) is 32.5 Å². The van der Waals surface area contributed by atoms with E-state index in [-0.39, 0.29) is 35.8 Å². The Balaban J connectivity index is 1.75. The highest BCUT2D eigenvalue weighted by Gasteiger charge is 2.54. The number of hydrogen-bond acceptors (Lipinski definition) is 3. The van der Waals surface area contributed by atoms with E-state index in [1.165, 1.54) is 6.92 Å². The van der Waals surface area contributed by atoms with Crippen molar-refractivity contribution in [1.29, 1.82) is 0 Å². The zero-order valence-corrected chi connectivity index (χ0v) is 12.8. The van der Waals surface area contributed by atoms with Crippen LogP contribution in [0.15, 0.2) is 30.3 Å². The molecule has 5 heteroatoms. The van der Waals surface area contributed by atoms with Gasteiger partial charge in [-0.15, -0.1) is 0 Å². The van der Waals surface area contributed by atoms with Gasteiger partial charge < -0.3 is 15.3 Å². The minimum atomic E-state index is -0.383. The maximum Gasteiger partial charge on any atom is 0.233 e. The van der Waals surface area contributed by atoms with Crippen molar-refractivity contribution in [3.63, 3.8) is 0 Å². The summed E-state index contributed by atoms with van der Waals surface area (Å²) >= 11 is 0. The maximum absolute atomic E-state index is 13.0. The minimum Gasteiger partial charge on any atom is -0.396 e. The number of aliphatic hydroxyl groups excluding tert-OH is 1. The molecule has 2 N–H and O–H groups in total. The molecular formula is C17H22N2O3. The quantitative estimate of drug-likeness (QED) is 0.859. The zero-order valence-electron chi connectivity index (χ0n) is 12.8. The van der Waals surface area contributed by atoms with E-state index < -0.39 is 0 Å². The molecule has 2 amide bonds. The molecule has 118 valence electrons. The number of amides is 2. The lowest BCUT2D eigenvalue weighted by atomic mass is 9.94. The van der Waals surface area contributed by atoms with Gasteiger partial charge in [0.15, 0.2) is 0 Å². The second-order valence-electron chi connectivity index (χ2n) is 6.41. The van der Waals surface area contributed by atoms with Crippen molar-refractivity contribution in [1.82, 2.24) is 10.2 Å². The summed E-state index contributed by atoms with van der Waals surface area (Å²) in [6.45, 7) is 2.44. The first kappa shape index (κ1) is 15.0. The van der Waals surface area contributed by atoms with Crippen LogP contribution in [0.3, 0.4) is 0 Å². The summed E-state index contributed by atoms with van der Waals surface area (Å²) in [7, 11) is 0. The van der Waals surface area contributed by atoms with Gasteiger partial charge >= 0.3 is 0 Å². The second kappa shape index (κ2) is 5.72. The Morgan fingerprint density at radius 3 is 2.50 bits per heavy atom. The van der Waals surface area contributed by atoms with Crippen molar-refractivity contribution in [2.24, 2.45) is 5.92 Å². The number of rotatable bonds is 4. The lowest BCUT2D eigenvalue weighted by molar-refractivity contribution is -0.133. The molecule has 3 rings (SSSR count). The van der Waals surface area contributed by atoms with Gasteiger partial charge in [0.05, 0.1) is 11.5 Å². The second-order valence-corrected chi connectivity index (χ2v) is 6.41. The molecule has 2 aliphatic rings. The molecule has 1 aromatic rings. The minimum absolute atomic E-state index is 0.0208. The van der Waals surface area contributed by atoms with Gasteiger partial charge in [-0.1, -0.05) is 30.3 Å². The summed E-state index contributed by atoms with van der Waals surface area (Å²) in [6, 6.07) is 9.74. The summed E-state index contributed by atoms with van der Waals surface area (Å²) in [4.78, 5) is 26.0. The monoisotopic (exact) mass is 302 g/mol. The molecule has 2 atom stereocenters. The van der Waals surface area contributed by atoms with E-state index in [0.717, 1.165) is 18.4 Å². The van der Waals surface area contributed by atoms with Crippen LogP contribution in [-0.4, -0.2) is 47.6 Å². The number of likely N-dealkylation sites (tertiary alicyclic amines) is 1. The highest BCUT2D eigenvalue weighted by molar-refractivity contribution is 5.91. The molecule has 0 aromatic heterocycles. The highest BCUT2D eigenvalue weighted by Crippen LogP contribution is 2.50. The van der Waals surface area contributed by atoms with E-state index in [1.54, 1.807) is 0 Å². The summed E-state index contributed by atoms with van der Waals surface area (Å²) < 4.78 is 0. The molecule has 22 heavy (non-hydrogen) atoms. The molecule has 0 spiro atoms. The molecular weight excluding hydrogens is 280 g/mol. The number of nitrogens with zero attached hydrogens (tertiary/aromatic N) is 1. The van der Waals surface area contributed by atoms with Crippen LogP contribution in [0.1, 0.15) is 25.3 Å². The predicted molar refractivity (Wildman–Crippen MR) is 82.1 cm³/mol.